The van der Waals surface area contributed by atoms with Crippen molar-refractivity contribution in [2.45, 2.75) is 0 Å². The van der Waals surface area contributed by atoms with Gasteiger partial charge in [0.2, 0.25) is 0 Å². The third-order valence-electron chi connectivity index (χ3n) is 0.333. The van der Waals surface area contributed by atoms with Gasteiger partial charge in [-0.1, -0.05) is 0 Å². The van der Waals surface area contributed by atoms with E-state index in [-0.39, 0.29) is 0 Å². The molecule has 0 radical (unpaired) electrons. The van der Waals surface area contributed by atoms with Crippen LogP contribution in [-0.4, -0.2) is 20.4 Å². The van der Waals surface area contributed by atoms with Gasteiger partial charge in [0.05, 0.1) is 14.2 Å². The summed E-state index contributed by atoms with van der Waals surface area (Å²) < 4.78 is 57.3. The van der Waals surface area contributed by atoms with E-state index in [4.69, 9.17) is 0 Å². The van der Waals surface area contributed by atoms with E-state index in [1.165, 1.54) is 14.2 Å². The SMILES string of the molecule is COC(=O)OC.FP(F)(F)(F)F. The molecule has 0 bridgehead atoms. The summed E-state index contributed by atoms with van der Waals surface area (Å²) in [5, 5.41) is 0. The summed E-state index contributed by atoms with van der Waals surface area (Å²) in [7, 11) is -6.04. The first-order chi connectivity index (χ1) is 5.04. The van der Waals surface area contributed by atoms with Gasteiger partial charge in [0.15, 0.2) is 0 Å². The fraction of sp³-hybridized carbons (Fsp3) is 0.667. The normalized spacial score (nSPS) is 13.1. The number of carbonyl (C=O) groups excluding carboxylic acids is 1. The molecular formula is C3H6F5O3P. The van der Waals surface area contributed by atoms with Crippen LogP contribution in [0.25, 0.3) is 0 Å². The molecule has 0 amide bonds. The molecule has 12 heavy (non-hydrogen) atoms. The number of carbonyl (C=O) groups is 1. The summed E-state index contributed by atoms with van der Waals surface area (Å²) in [6, 6.07) is 0. The van der Waals surface area contributed by atoms with Crippen molar-refractivity contribution >= 4 is 14.3 Å². The Labute approximate surface area is 65.0 Å². The summed E-state index contributed by atoms with van der Waals surface area (Å²) in [6.45, 7) is 0. The zero-order chi connectivity index (χ0) is 10.4. The van der Waals surface area contributed by atoms with Gasteiger partial charge in [-0.2, -0.15) is 0 Å². The molecule has 0 aliphatic rings. The van der Waals surface area contributed by atoms with Crippen LogP contribution in [0.5, 0.6) is 0 Å². The number of methoxy groups -OCH3 is 2. The van der Waals surface area contributed by atoms with E-state index < -0.39 is 14.3 Å². The Morgan fingerprint density at radius 3 is 1.17 bits per heavy atom. The average molecular weight is 216 g/mol. The van der Waals surface area contributed by atoms with Crippen molar-refractivity contribution in [3.63, 3.8) is 0 Å². The number of ether oxygens (including phenoxy) is 2. The molecule has 0 aromatic heterocycles. The van der Waals surface area contributed by atoms with Gasteiger partial charge in [-0.05, 0) is 0 Å². The van der Waals surface area contributed by atoms with E-state index >= 15 is 0 Å². The van der Waals surface area contributed by atoms with Gasteiger partial charge in [0, 0.05) is 0 Å². The van der Waals surface area contributed by atoms with Crippen LogP contribution in [0.2, 0.25) is 0 Å². The Kier molecular flexibility index (Phi) is 5.09. The van der Waals surface area contributed by atoms with Gasteiger partial charge < -0.3 is 9.47 Å². The zero-order valence-corrected chi connectivity index (χ0v) is 6.96. The maximum absolute atomic E-state index is 9.84. The quantitative estimate of drug-likeness (QED) is 0.353. The summed E-state index contributed by atoms with van der Waals surface area (Å²) in [6.07, 6.45) is -0.657. The van der Waals surface area contributed by atoms with Crippen LogP contribution in [-0.2, 0) is 9.47 Å². The second kappa shape index (κ2) is 4.39. The number of hydrogen-bond donors (Lipinski definition) is 0. The van der Waals surface area contributed by atoms with Crippen molar-refractivity contribution in [3.05, 3.63) is 0 Å². The monoisotopic (exact) mass is 216 g/mol. The van der Waals surface area contributed by atoms with Crippen molar-refractivity contribution < 1.29 is 35.3 Å². The Bertz CT molecular complexity index is 129. The van der Waals surface area contributed by atoms with Crippen LogP contribution in [0, 0.1) is 0 Å². The van der Waals surface area contributed by atoms with Crippen LogP contribution in [0.1, 0.15) is 0 Å². The Hall–Kier alpha value is -0.650. The van der Waals surface area contributed by atoms with E-state index in [0.29, 0.717) is 0 Å². The molecule has 0 saturated heterocycles. The Morgan fingerprint density at radius 2 is 1.17 bits per heavy atom. The molecule has 0 atom stereocenters. The third-order valence-corrected chi connectivity index (χ3v) is 0.333. The molecule has 0 N–H and O–H groups in total. The third kappa shape index (κ3) is 58.1. The van der Waals surface area contributed by atoms with Crippen molar-refractivity contribution in [2.24, 2.45) is 0 Å². The van der Waals surface area contributed by atoms with E-state index in [9.17, 15) is 25.8 Å². The summed E-state index contributed by atoms with van der Waals surface area (Å²) in [5.41, 5.74) is 0. The standard InChI is InChI=1S/C3H6O3.F5P/c1-5-3(4)6-2;1-6(2,3,4)5/h1-2H3;. The minimum absolute atomic E-state index is 0.657. The van der Waals surface area contributed by atoms with Crippen LogP contribution in [0.15, 0.2) is 0 Å². The van der Waals surface area contributed by atoms with Gasteiger partial charge in [0.25, 0.3) is 0 Å². The molecule has 0 aliphatic carbocycles. The molecule has 9 heteroatoms. The van der Waals surface area contributed by atoms with Crippen molar-refractivity contribution in [1.29, 1.82) is 0 Å². The summed E-state index contributed by atoms with van der Waals surface area (Å²) in [5.74, 6) is 0. The number of halogens is 5. The molecular weight excluding hydrogens is 210 g/mol. The number of hydrogen-bond acceptors (Lipinski definition) is 3. The minimum atomic E-state index is -8.55. The molecule has 0 heterocycles. The Morgan fingerprint density at radius 1 is 1.00 bits per heavy atom. The van der Waals surface area contributed by atoms with E-state index in [0.717, 1.165) is 0 Å². The van der Waals surface area contributed by atoms with E-state index in [1.807, 2.05) is 0 Å². The van der Waals surface area contributed by atoms with E-state index in [1.54, 1.807) is 0 Å². The fourth-order valence-electron chi connectivity index (χ4n) is 0.0833. The first-order valence-corrected chi connectivity index (χ1v) is 3.96. The topological polar surface area (TPSA) is 35.5 Å². The maximum atomic E-state index is 9.84. The number of rotatable bonds is 0. The van der Waals surface area contributed by atoms with Crippen LogP contribution < -0.4 is 0 Å². The Balaban J connectivity index is 0. The summed E-state index contributed by atoms with van der Waals surface area (Å²) in [4.78, 5) is 9.74. The summed E-state index contributed by atoms with van der Waals surface area (Å²) >= 11 is 0. The first kappa shape index (κ1) is 13.9. The predicted octanol–water partition coefficient (Wildman–Crippen LogP) is 3.36. The average Bonchev–Trinajstić information content (AvgIpc) is 1.81. The molecule has 0 aromatic rings. The molecule has 0 spiro atoms. The molecule has 0 aromatic carbocycles. The van der Waals surface area contributed by atoms with Gasteiger partial charge in [-0.3, -0.25) is 0 Å². The zero-order valence-electron chi connectivity index (χ0n) is 6.06. The van der Waals surface area contributed by atoms with Gasteiger partial charge in [-0.15, -0.1) is 0 Å². The predicted molar refractivity (Wildman–Crippen MR) is 31.9 cm³/mol. The molecule has 0 rings (SSSR count). The molecule has 0 aliphatic heterocycles. The van der Waals surface area contributed by atoms with Crippen molar-refractivity contribution in [1.82, 2.24) is 0 Å². The van der Waals surface area contributed by atoms with Crippen LogP contribution >= 0.6 is 8.16 Å². The molecule has 0 unspecified atom stereocenters. The first-order valence-electron chi connectivity index (χ1n) is 2.27. The molecule has 0 saturated carbocycles. The van der Waals surface area contributed by atoms with E-state index in [2.05, 4.69) is 9.47 Å². The molecule has 0 fully saturated rings. The van der Waals surface area contributed by atoms with Crippen molar-refractivity contribution in [2.75, 3.05) is 14.2 Å². The second-order valence-electron chi connectivity index (χ2n) is 1.30. The fourth-order valence-corrected chi connectivity index (χ4v) is 0.0833. The van der Waals surface area contributed by atoms with Crippen molar-refractivity contribution in [3.8, 4) is 0 Å². The molecule has 76 valence electrons. The van der Waals surface area contributed by atoms with Crippen LogP contribution in [0.3, 0.4) is 0 Å². The second-order valence-corrected chi connectivity index (χ2v) is 2.57. The van der Waals surface area contributed by atoms with Gasteiger partial charge in [-0.25, -0.2) is 4.79 Å². The van der Waals surface area contributed by atoms with Gasteiger partial charge in [0.1, 0.15) is 0 Å². The van der Waals surface area contributed by atoms with Gasteiger partial charge >= 0.3 is 35.3 Å². The molecule has 3 nitrogen and oxygen atoms in total. The van der Waals surface area contributed by atoms with Crippen LogP contribution in [0.4, 0.5) is 25.8 Å².